The van der Waals surface area contributed by atoms with E-state index in [2.05, 4.69) is 15.3 Å². The van der Waals surface area contributed by atoms with Crippen LogP contribution in [-0.2, 0) is 10.2 Å². The molecule has 1 aromatic heterocycles. The third kappa shape index (κ3) is 3.21. The van der Waals surface area contributed by atoms with Gasteiger partial charge in [0.2, 0.25) is 5.91 Å². The summed E-state index contributed by atoms with van der Waals surface area (Å²) in [7, 11) is 0. The molecule has 2 aromatic rings. The highest BCUT2D eigenvalue weighted by Crippen LogP contribution is 2.28. The number of nitrogens with zero attached hydrogens (tertiary/aromatic N) is 3. The van der Waals surface area contributed by atoms with Crippen LogP contribution in [0.5, 0.6) is 0 Å². The standard InChI is InChI=1S/C18H18N4O/c1-18(2,17(23)22-14-7-8-14)13-5-3-12(4-6-13)16-11-20-10-15(9-19)21-16/h3-6,10-11,14H,7-8H2,1-2H3,(H,22,23). The fourth-order valence-electron chi connectivity index (χ4n) is 2.34. The summed E-state index contributed by atoms with van der Waals surface area (Å²) in [6.45, 7) is 3.85. The fourth-order valence-corrected chi connectivity index (χ4v) is 2.34. The molecule has 23 heavy (non-hydrogen) atoms. The molecule has 1 aromatic carbocycles. The summed E-state index contributed by atoms with van der Waals surface area (Å²) < 4.78 is 0. The molecule has 0 bridgehead atoms. The Morgan fingerprint density at radius 1 is 1.26 bits per heavy atom. The first-order valence-corrected chi connectivity index (χ1v) is 7.65. The Labute approximate surface area is 135 Å². The number of carbonyl (C=O) groups excluding carboxylic acids is 1. The summed E-state index contributed by atoms with van der Waals surface area (Å²) in [5.74, 6) is 0.0546. The van der Waals surface area contributed by atoms with Crippen molar-refractivity contribution in [3.63, 3.8) is 0 Å². The van der Waals surface area contributed by atoms with E-state index in [9.17, 15) is 4.79 Å². The Balaban J connectivity index is 1.83. The molecule has 5 heteroatoms. The molecule has 0 saturated heterocycles. The van der Waals surface area contributed by atoms with Crippen LogP contribution in [0.3, 0.4) is 0 Å². The lowest BCUT2D eigenvalue weighted by Gasteiger charge is -2.24. The van der Waals surface area contributed by atoms with Gasteiger partial charge in [-0.15, -0.1) is 0 Å². The molecular formula is C18H18N4O. The van der Waals surface area contributed by atoms with Gasteiger partial charge in [0, 0.05) is 11.6 Å². The first-order chi connectivity index (χ1) is 11.0. The number of benzene rings is 1. The van der Waals surface area contributed by atoms with Crippen LogP contribution < -0.4 is 5.32 Å². The van der Waals surface area contributed by atoms with Gasteiger partial charge >= 0.3 is 0 Å². The Bertz CT molecular complexity index is 770. The van der Waals surface area contributed by atoms with Crippen molar-refractivity contribution in [2.75, 3.05) is 0 Å². The maximum atomic E-state index is 12.4. The van der Waals surface area contributed by atoms with Gasteiger partial charge in [0.1, 0.15) is 6.07 Å². The summed E-state index contributed by atoms with van der Waals surface area (Å²) in [4.78, 5) is 20.6. The summed E-state index contributed by atoms with van der Waals surface area (Å²) >= 11 is 0. The first kappa shape index (κ1) is 15.2. The molecule has 1 amide bonds. The van der Waals surface area contributed by atoms with Gasteiger partial charge in [0.05, 0.1) is 23.5 Å². The molecule has 5 nitrogen and oxygen atoms in total. The lowest BCUT2D eigenvalue weighted by molar-refractivity contribution is -0.125. The van der Waals surface area contributed by atoms with Crippen LogP contribution in [0.2, 0.25) is 0 Å². The SMILES string of the molecule is CC(C)(C(=O)NC1CC1)c1ccc(-c2cncc(C#N)n2)cc1. The predicted molar refractivity (Wildman–Crippen MR) is 86.4 cm³/mol. The van der Waals surface area contributed by atoms with E-state index in [0.29, 0.717) is 11.7 Å². The van der Waals surface area contributed by atoms with Crippen LogP contribution in [0.15, 0.2) is 36.7 Å². The molecule has 0 atom stereocenters. The molecule has 1 saturated carbocycles. The van der Waals surface area contributed by atoms with E-state index in [1.807, 2.05) is 44.2 Å². The number of hydrogen-bond acceptors (Lipinski definition) is 4. The summed E-state index contributed by atoms with van der Waals surface area (Å²) in [5, 5.41) is 12.0. The molecule has 1 aliphatic rings. The maximum Gasteiger partial charge on any atom is 0.230 e. The summed E-state index contributed by atoms with van der Waals surface area (Å²) in [6.07, 6.45) is 5.22. The molecule has 116 valence electrons. The van der Waals surface area contributed by atoms with E-state index in [1.165, 1.54) is 6.20 Å². The second kappa shape index (κ2) is 5.81. The van der Waals surface area contributed by atoms with E-state index in [0.717, 1.165) is 24.0 Å². The monoisotopic (exact) mass is 306 g/mol. The van der Waals surface area contributed by atoms with E-state index in [1.54, 1.807) is 6.20 Å². The zero-order valence-corrected chi connectivity index (χ0v) is 13.2. The van der Waals surface area contributed by atoms with Gasteiger partial charge in [0.15, 0.2) is 5.69 Å². The molecule has 1 N–H and O–H groups in total. The molecule has 0 aliphatic heterocycles. The number of hydrogen-bond donors (Lipinski definition) is 1. The van der Waals surface area contributed by atoms with Crippen LogP contribution in [0.1, 0.15) is 37.9 Å². The normalized spacial score (nSPS) is 14.1. The topological polar surface area (TPSA) is 78.7 Å². The van der Waals surface area contributed by atoms with Crippen molar-refractivity contribution < 1.29 is 4.79 Å². The molecule has 1 fully saturated rings. The average Bonchev–Trinajstić information content (AvgIpc) is 3.39. The van der Waals surface area contributed by atoms with Crippen molar-refractivity contribution in [2.24, 2.45) is 0 Å². The lowest BCUT2D eigenvalue weighted by Crippen LogP contribution is -2.41. The van der Waals surface area contributed by atoms with Crippen molar-refractivity contribution in [3.05, 3.63) is 47.9 Å². The molecule has 0 spiro atoms. The highest BCUT2D eigenvalue weighted by Gasteiger charge is 2.33. The number of nitrogens with one attached hydrogen (secondary N) is 1. The molecular weight excluding hydrogens is 288 g/mol. The molecule has 3 rings (SSSR count). The van der Waals surface area contributed by atoms with Gasteiger partial charge in [0.25, 0.3) is 0 Å². The van der Waals surface area contributed by atoms with Crippen molar-refractivity contribution in [1.82, 2.24) is 15.3 Å². The summed E-state index contributed by atoms with van der Waals surface area (Å²) in [6, 6.07) is 10.0. The van der Waals surface area contributed by atoms with Gasteiger partial charge in [-0.05, 0) is 32.3 Å². The fraction of sp³-hybridized carbons (Fsp3) is 0.333. The number of rotatable bonds is 4. The number of amides is 1. The van der Waals surface area contributed by atoms with Gasteiger partial charge in [-0.3, -0.25) is 9.78 Å². The van der Waals surface area contributed by atoms with Crippen molar-refractivity contribution in [1.29, 1.82) is 5.26 Å². The van der Waals surface area contributed by atoms with Crippen LogP contribution >= 0.6 is 0 Å². The largest absolute Gasteiger partial charge is 0.353 e. The Morgan fingerprint density at radius 2 is 1.96 bits per heavy atom. The minimum absolute atomic E-state index is 0.0546. The molecule has 0 radical (unpaired) electrons. The summed E-state index contributed by atoms with van der Waals surface area (Å²) in [5.41, 5.74) is 2.17. The predicted octanol–water partition coefficient (Wildman–Crippen LogP) is 2.57. The first-order valence-electron chi connectivity index (χ1n) is 7.65. The van der Waals surface area contributed by atoms with Gasteiger partial charge < -0.3 is 5.32 Å². The van der Waals surface area contributed by atoms with E-state index in [4.69, 9.17) is 5.26 Å². The lowest BCUT2D eigenvalue weighted by atomic mass is 9.83. The van der Waals surface area contributed by atoms with Crippen LogP contribution in [0.4, 0.5) is 0 Å². The highest BCUT2D eigenvalue weighted by molar-refractivity contribution is 5.88. The van der Waals surface area contributed by atoms with Crippen LogP contribution in [0.25, 0.3) is 11.3 Å². The zero-order valence-electron chi connectivity index (χ0n) is 13.2. The van der Waals surface area contributed by atoms with Crippen LogP contribution in [0, 0.1) is 11.3 Å². The highest BCUT2D eigenvalue weighted by atomic mass is 16.2. The molecule has 0 unspecified atom stereocenters. The minimum atomic E-state index is -0.582. The Hall–Kier alpha value is -2.74. The minimum Gasteiger partial charge on any atom is -0.353 e. The van der Waals surface area contributed by atoms with Crippen molar-refractivity contribution >= 4 is 5.91 Å². The smallest absolute Gasteiger partial charge is 0.230 e. The van der Waals surface area contributed by atoms with Crippen molar-refractivity contribution in [2.45, 2.75) is 38.1 Å². The van der Waals surface area contributed by atoms with Crippen LogP contribution in [-0.4, -0.2) is 21.9 Å². The molecule has 1 heterocycles. The second-order valence-electron chi connectivity index (χ2n) is 6.35. The number of aromatic nitrogens is 2. The van der Waals surface area contributed by atoms with Gasteiger partial charge in [-0.2, -0.15) is 5.26 Å². The Kier molecular flexibility index (Phi) is 3.83. The maximum absolute atomic E-state index is 12.4. The van der Waals surface area contributed by atoms with Crippen molar-refractivity contribution in [3.8, 4) is 17.3 Å². The third-order valence-corrected chi connectivity index (χ3v) is 4.13. The quantitative estimate of drug-likeness (QED) is 0.941. The van der Waals surface area contributed by atoms with E-state index in [-0.39, 0.29) is 11.6 Å². The zero-order chi connectivity index (χ0) is 16.4. The van der Waals surface area contributed by atoms with Gasteiger partial charge in [-0.25, -0.2) is 4.98 Å². The second-order valence-corrected chi connectivity index (χ2v) is 6.35. The van der Waals surface area contributed by atoms with Gasteiger partial charge in [-0.1, -0.05) is 24.3 Å². The van der Waals surface area contributed by atoms with E-state index >= 15 is 0 Å². The average molecular weight is 306 g/mol. The number of carbonyl (C=O) groups is 1. The number of nitriles is 1. The van der Waals surface area contributed by atoms with E-state index < -0.39 is 5.41 Å². The third-order valence-electron chi connectivity index (χ3n) is 4.13. The Morgan fingerprint density at radius 3 is 2.57 bits per heavy atom. The molecule has 1 aliphatic carbocycles.